The van der Waals surface area contributed by atoms with E-state index in [1.165, 1.54) is 69.8 Å². The molecule has 118 valence electrons. The summed E-state index contributed by atoms with van der Waals surface area (Å²) in [6, 6.07) is 2.74. The number of allylic oxidation sites excluding steroid dienone is 2. The van der Waals surface area contributed by atoms with Crippen molar-refractivity contribution in [1.82, 2.24) is 0 Å². The van der Waals surface area contributed by atoms with Crippen molar-refractivity contribution in [2.75, 3.05) is 0 Å². The van der Waals surface area contributed by atoms with Crippen LogP contribution in [0.2, 0.25) is 0 Å². The van der Waals surface area contributed by atoms with Crippen LogP contribution in [0.3, 0.4) is 0 Å². The summed E-state index contributed by atoms with van der Waals surface area (Å²) >= 11 is 0. The lowest BCUT2D eigenvalue weighted by Gasteiger charge is -2.39. The molecule has 0 aromatic carbocycles. The van der Waals surface area contributed by atoms with Crippen molar-refractivity contribution in [3.8, 4) is 6.07 Å². The molecule has 1 fully saturated rings. The van der Waals surface area contributed by atoms with Crippen molar-refractivity contribution in [3.63, 3.8) is 0 Å². The maximum Gasteiger partial charge on any atom is 0.0782 e. The predicted molar refractivity (Wildman–Crippen MR) is 89.9 cm³/mol. The molecule has 1 nitrogen and oxygen atoms in total. The number of rotatable bonds is 6. The number of hydrogen-bond acceptors (Lipinski definition) is 1. The first-order chi connectivity index (χ1) is 10.2. The summed E-state index contributed by atoms with van der Waals surface area (Å²) in [4.78, 5) is 0. The highest BCUT2D eigenvalue weighted by Crippen LogP contribution is 2.48. The highest BCUT2D eigenvalue weighted by atomic mass is 14.4. The van der Waals surface area contributed by atoms with Gasteiger partial charge in [-0.15, -0.1) is 0 Å². The smallest absolute Gasteiger partial charge is 0.0782 e. The van der Waals surface area contributed by atoms with Gasteiger partial charge in [0.05, 0.1) is 11.5 Å². The average Bonchev–Trinajstić information content (AvgIpc) is 2.54. The third-order valence-electron chi connectivity index (χ3n) is 5.97. The second kappa shape index (κ2) is 8.02. The Morgan fingerprint density at radius 3 is 2.38 bits per heavy atom. The molecule has 21 heavy (non-hydrogen) atoms. The summed E-state index contributed by atoms with van der Waals surface area (Å²) < 4.78 is 0. The van der Waals surface area contributed by atoms with E-state index in [1.54, 1.807) is 0 Å². The minimum absolute atomic E-state index is 0.0834. The normalized spacial score (nSPS) is 33.3. The molecule has 1 saturated carbocycles. The molecule has 0 aromatic heterocycles. The molecule has 0 N–H and O–H groups in total. The topological polar surface area (TPSA) is 23.8 Å². The van der Waals surface area contributed by atoms with Crippen LogP contribution in [0.15, 0.2) is 11.6 Å². The summed E-state index contributed by atoms with van der Waals surface area (Å²) in [7, 11) is 0. The fourth-order valence-corrected chi connectivity index (χ4v) is 4.45. The highest BCUT2D eigenvalue weighted by molar-refractivity contribution is 5.26. The van der Waals surface area contributed by atoms with Crippen molar-refractivity contribution in [1.29, 1.82) is 5.26 Å². The van der Waals surface area contributed by atoms with Gasteiger partial charge in [-0.25, -0.2) is 0 Å². The molecular weight excluding hydrogens is 254 g/mol. The zero-order valence-corrected chi connectivity index (χ0v) is 14.2. The number of unbranched alkanes of at least 4 members (excludes halogenated alkanes) is 1. The zero-order valence-electron chi connectivity index (χ0n) is 14.2. The Balaban J connectivity index is 1.93. The van der Waals surface area contributed by atoms with Gasteiger partial charge in [-0.05, 0) is 56.8 Å². The molecule has 0 heterocycles. The quantitative estimate of drug-likeness (QED) is 0.518. The molecule has 0 saturated heterocycles. The van der Waals surface area contributed by atoms with Gasteiger partial charge in [0, 0.05) is 0 Å². The lowest BCUT2D eigenvalue weighted by Crippen LogP contribution is -2.29. The SMILES string of the molecule is CCCCC1CCC(C#N)(C2=CCC(CCC)CC2)CC1. The van der Waals surface area contributed by atoms with Gasteiger partial charge >= 0.3 is 0 Å². The maximum absolute atomic E-state index is 9.83. The van der Waals surface area contributed by atoms with Crippen LogP contribution in [0.25, 0.3) is 0 Å². The van der Waals surface area contributed by atoms with Crippen LogP contribution in [0.1, 0.15) is 90.9 Å². The second-order valence-corrected chi connectivity index (χ2v) is 7.44. The molecule has 0 spiro atoms. The zero-order chi connectivity index (χ0) is 15.1. The van der Waals surface area contributed by atoms with Crippen LogP contribution in [-0.4, -0.2) is 0 Å². The monoisotopic (exact) mass is 287 g/mol. The summed E-state index contributed by atoms with van der Waals surface area (Å²) in [6.07, 6.45) is 17.7. The van der Waals surface area contributed by atoms with Crippen LogP contribution in [0.5, 0.6) is 0 Å². The van der Waals surface area contributed by atoms with E-state index in [9.17, 15) is 5.26 Å². The van der Waals surface area contributed by atoms with Crippen LogP contribution in [0, 0.1) is 28.6 Å². The summed E-state index contributed by atoms with van der Waals surface area (Å²) in [5.41, 5.74) is 1.42. The van der Waals surface area contributed by atoms with E-state index in [0.29, 0.717) is 0 Å². The highest BCUT2D eigenvalue weighted by Gasteiger charge is 2.39. The van der Waals surface area contributed by atoms with E-state index in [1.807, 2.05) is 0 Å². The molecule has 0 aromatic rings. The lowest BCUT2D eigenvalue weighted by molar-refractivity contribution is 0.222. The first-order valence-electron chi connectivity index (χ1n) is 9.34. The second-order valence-electron chi connectivity index (χ2n) is 7.44. The number of nitrogens with zero attached hydrogens (tertiary/aromatic N) is 1. The number of hydrogen-bond donors (Lipinski definition) is 0. The van der Waals surface area contributed by atoms with Gasteiger partial charge in [0.2, 0.25) is 0 Å². The Bertz CT molecular complexity index is 379. The molecule has 2 aliphatic rings. The fourth-order valence-electron chi connectivity index (χ4n) is 4.45. The molecule has 0 radical (unpaired) electrons. The summed E-state index contributed by atoms with van der Waals surface area (Å²) in [5.74, 6) is 1.78. The van der Waals surface area contributed by atoms with Gasteiger partial charge in [0.25, 0.3) is 0 Å². The van der Waals surface area contributed by atoms with E-state index in [-0.39, 0.29) is 5.41 Å². The van der Waals surface area contributed by atoms with Crippen LogP contribution in [0.4, 0.5) is 0 Å². The van der Waals surface area contributed by atoms with Gasteiger partial charge in [-0.2, -0.15) is 5.26 Å². The third-order valence-corrected chi connectivity index (χ3v) is 5.97. The fraction of sp³-hybridized carbons (Fsp3) is 0.850. The Kier molecular flexibility index (Phi) is 6.34. The van der Waals surface area contributed by atoms with Crippen LogP contribution in [-0.2, 0) is 0 Å². The van der Waals surface area contributed by atoms with Crippen molar-refractivity contribution in [2.45, 2.75) is 90.9 Å². The van der Waals surface area contributed by atoms with Crippen molar-refractivity contribution in [3.05, 3.63) is 11.6 Å². The maximum atomic E-state index is 9.83. The molecule has 0 aliphatic heterocycles. The van der Waals surface area contributed by atoms with Gasteiger partial charge in [0.15, 0.2) is 0 Å². The number of nitriles is 1. The molecule has 0 amide bonds. The third kappa shape index (κ3) is 4.12. The first-order valence-corrected chi connectivity index (χ1v) is 9.34. The minimum atomic E-state index is -0.0834. The molecule has 1 unspecified atom stereocenters. The average molecular weight is 287 g/mol. The molecular formula is C20H33N. The van der Waals surface area contributed by atoms with E-state index in [0.717, 1.165) is 24.7 Å². The van der Waals surface area contributed by atoms with E-state index in [4.69, 9.17) is 0 Å². The van der Waals surface area contributed by atoms with E-state index in [2.05, 4.69) is 26.0 Å². The van der Waals surface area contributed by atoms with Gasteiger partial charge in [0.1, 0.15) is 0 Å². The van der Waals surface area contributed by atoms with Gasteiger partial charge in [-0.1, -0.05) is 57.6 Å². The van der Waals surface area contributed by atoms with Crippen molar-refractivity contribution >= 4 is 0 Å². The largest absolute Gasteiger partial charge is 0.197 e. The molecule has 2 rings (SSSR count). The minimum Gasteiger partial charge on any atom is -0.197 e. The summed E-state index contributed by atoms with van der Waals surface area (Å²) in [5, 5.41) is 9.83. The van der Waals surface area contributed by atoms with Gasteiger partial charge < -0.3 is 0 Å². The standard InChI is InChI=1S/C20H33N/c1-3-5-7-18-12-14-20(16-21,15-13-18)19-10-8-17(6-4-2)9-11-19/h10,17-18H,3-9,11-15H2,1-2H3. The lowest BCUT2D eigenvalue weighted by atomic mass is 9.64. The molecule has 2 aliphatic carbocycles. The van der Waals surface area contributed by atoms with Crippen LogP contribution >= 0.6 is 0 Å². The van der Waals surface area contributed by atoms with Crippen molar-refractivity contribution < 1.29 is 0 Å². The molecule has 1 atom stereocenters. The Labute approximate surface area is 131 Å². The van der Waals surface area contributed by atoms with Crippen LogP contribution < -0.4 is 0 Å². The van der Waals surface area contributed by atoms with E-state index < -0.39 is 0 Å². The molecule has 1 heteroatoms. The molecule has 0 bridgehead atoms. The Hall–Kier alpha value is -0.770. The van der Waals surface area contributed by atoms with Gasteiger partial charge in [-0.3, -0.25) is 0 Å². The summed E-state index contributed by atoms with van der Waals surface area (Å²) in [6.45, 7) is 4.57. The first kappa shape index (κ1) is 16.6. The van der Waals surface area contributed by atoms with Crippen molar-refractivity contribution in [2.24, 2.45) is 17.3 Å². The Morgan fingerprint density at radius 2 is 1.86 bits per heavy atom. The van der Waals surface area contributed by atoms with E-state index >= 15 is 0 Å². The Morgan fingerprint density at radius 1 is 1.10 bits per heavy atom. The predicted octanol–water partition coefficient (Wildman–Crippen LogP) is 6.40.